The third-order valence-corrected chi connectivity index (χ3v) is 5.07. The van der Waals surface area contributed by atoms with Crippen molar-refractivity contribution in [1.29, 1.82) is 0 Å². The third-order valence-electron chi connectivity index (χ3n) is 3.23. The second kappa shape index (κ2) is 4.91. The molecule has 1 amide bonds. The predicted octanol–water partition coefficient (Wildman–Crippen LogP) is -1.36. The molecule has 0 aromatic carbocycles. The first-order valence-electron chi connectivity index (χ1n) is 5.71. The highest BCUT2D eigenvalue weighted by Gasteiger charge is 2.33. The number of ether oxygens (including phenoxy) is 1. The van der Waals surface area contributed by atoms with Crippen molar-refractivity contribution in [1.82, 2.24) is 4.90 Å². The van der Waals surface area contributed by atoms with E-state index in [4.69, 9.17) is 9.84 Å². The molecule has 2 unspecified atom stereocenters. The Balaban J connectivity index is 1.91. The number of morpholine rings is 1. The van der Waals surface area contributed by atoms with E-state index in [0.717, 1.165) is 0 Å². The van der Waals surface area contributed by atoms with Crippen molar-refractivity contribution in [3.8, 4) is 0 Å². The maximum absolute atomic E-state index is 11.6. The van der Waals surface area contributed by atoms with E-state index >= 15 is 0 Å². The van der Waals surface area contributed by atoms with Crippen LogP contribution in [0.1, 0.15) is 6.42 Å². The van der Waals surface area contributed by atoms with Crippen LogP contribution in [0.3, 0.4) is 0 Å². The van der Waals surface area contributed by atoms with Crippen LogP contribution >= 0.6 is 0 Å². The van der Waals surface area contributed by atoms with Crippen LogP contribution in [0.15, 0.2) is 0 Å². The van der Waals surface area contributed by atoms with Gasteiger partial charge in [-0.2, -0.15) is 0 Å². The number of amides is 1. The lowest BCUT2D eigenvalue weighted by Gasteiger charge is -2.33. The molecule has 2 heterocycles. The van der Waals surface area contributed by atoms with Gasteiger partial charge in [-0.05, 0) is 12.3 Å². The lowest BCUT2D eigenvalue weighted by Crippen LogP contribution is -2.49. The summed E-state index contributed by atoms with van der Waals surface area (Å²) >= 11 is 0. The molecule has 98 valence electrons. The fourth-order valence-electron chi connectivity index (χ4n) is 2.30. The van der Waals surface area contributed by atoms with Crippen LogP contribution in [0, 0.1) is 5.92 Å². The predicted molar refractivity (Wildman–Crippen MR) is 60.2 cm³/mol. The summed E-state index contributed by atoms with van der Waals surface area (Å²) in [4.78, 5) is 13.2. The Labute approximate surface area is 100 Å². The SMILES string of the molecule is O=C1COC(CO)CN1CC1CCS(=O)(=O)C1. The van der Waals surface area contributed by atoms with Gasteiger partial charge >= 0.3 is 0 Å². The van der Waals surface area contributed by atoms with E-state index in [2.05, 4.69) is 0 Å². The van der Waals surface area contributed by atoms with E-state index in [1.54, 1.807) is 4.90 Å². The van der Waals surface area contributed by atoms with Crippen LogP contribution in [0.4, 0.5) is 0 Å². The number of hydrogen-bond acceptors (Lipinski definition) is 5. The minimum absolute atomic E-state index is 0.0231. The first kappa shape index (κ1) is 12.8. The van der Waals surface area contributed by atoms with Crippen LogP contribution in [0.5, 0.6) is 0 Å². The Bertz CT molecular complexity index is 394. The average Bonchev–Trinajstić information content (AvgIpc) is 2.61. The molecule has 0 spiro atoms. The minimum atomic E-state index is -2.90. The quantitative estimate of drug-likeness (QED) is 0.680. The zero-order chi connectivity index (χ0) is 12.5. The van der Waals surface area contributed by atoms with Crippen molar-refractivity contribution in [2.24, 2.45) is 5.92 Å². The molecule has 2 atom stereocenters. The molecule has 2 aliphatic rings. The zero-order valence-corrected chi connectivity index (χ0v) is 10.4. The van der Waals surface area contributed by atoms with Gasteiger partial charge in [-0.1, -0.05) is 0 Å². The van der Waals surface area contributed by atoms with Crippen LogP contribution in [0.2, 0.25) is 0 Å². The number of carbonyl (C=O) groups is 1. The number of carbonyl (C=O) groups excluding carboxylic acids is 1. The summed E-state index contributed by atoms with van der Waals surface area (Å²) in [6.07, 6.45) is 0.280. The third kappa shape index (κ3) is 3.17. The van der Waals surface area contributed by atoms with Crippen molar-refractivity contribution >= 4 is 15.7 Å². The Morgan fingerprint density at radius 1 is 1.47 bits per heavy atom. The summed E-state index contributed by atoms with van der Waals surface area (Å²) in [6.45, 7) is 0.668. The molecule has 2 fully saturated rings. The van der Waals surface area contributed by atoms with E-state index in [0.29, 0.717) is 19.5 Å². The molecule has 6 nitrogen and oxygen atoms in total. The summed E-state index contributed by atoms with van der Waals surface area (Å²) in [5, 5.41) is 8.98. The van der Waals surface area contributed by atoms with Gasteiger partial charge in [-0.15, -0.1) is 0 Å². The van der Waals surface area contributed by atoms with Gasteiger partial charge < -0.3 is 14.7 Å². The number of sulfone groups is 1. The highest BCUT2D eigenvalue weighted by atomic mass is 32.2. The summed E-state index contributed by atoms with van der Waals surface area (Å²) in [5.41, 5.74) is 0. The zero-order valence-electron chi connectivity index (χ0n) is 9.54. The molecule has 0 bridgehead atoms. The van der Waals surface area contributed by atoms with Gasteiger partial charge in [0, 0.05) is 13.1 Å². The van der Waals surface area contributed by atoms with E-state index in [1.807, 2.05) is 0 Å². The molecular weight excluding hydrogens is 246 g/mol. The number of aliphatic hydroxyl groups is 1. The topological polar surface area (TPSA) is 83.9 Å². The molecule has 1 N–H and O–H groups in total. The van der Waals surface area contributed by atoms with E-state index in [1.165, 1.54) is 0 Å². The van der Waals surface area contributed by atoms with Crippen LogP contribution in [-0.2, 0) is 19.4 Å². The number of aliphatic hydroxyl groups excluding tert-OH is 1. The molecule has 0 aromatic rings. The first-order chi connectivity index (χ1) is 8.00. The van der Waals surface area contributed by atoms with Crippen molar-refractivity contribution in [3.63, 3.8) is 0 Å². The van der Waals surface area contributed by atoms with Gasteiger partial charge in [0.15, 0.2) is 9.84 Å². The van der Waals surface area contributed by atoms with E-state index in [-0.39, 0.29) is 42.6 Å². The highest BCUT2D eigenvalue weighted by molar-refractivity contribution is 7.91. The maximum Gasteiger partial charge on any atom is 0.248 e. The Morgan fingerprint density at radius 3 is 2.82 bits per heavy atom. The molecule has 0 saturated carbocycles. The maximum atomic E-state index is 11.6. The summed E-state index contributed by atoms with van der Waals surface area (Å²) in [6, 6.07) is 0. The molecule has 0 aliphatic carbocycles. The fourth-order valence-corrected chi connectivity index (χ4v) is 4.14. The van der Waals surface area contributed by atoms with Gasteiger partial charge in [0.1, 0.15) is 6.61 Å². The van der Waals surface area contributed by atoms with E-state index in [9.17, 15) is 13.2 Å². The Hall–Kier alpha value is -0.660. The molecule has 7 heteroatoms. The van der Waals surface area contributed by atoms with Gasteiger partial charge in [-0.25, -0.2) is 8.42 Å². The lowest BCUT2D eigenvalue weighted by atomic mass is 10.1. The molecule has 17 heavy (non-hydrogen) atoms. The van der Waals surface area contributed by atoms with Gasteiger partial charge in [-0.3, -0.25) is 4.79 Å². The largest absolute Gasteiger partial charge is 0.394 e. The van der Waals surface area contributed by atoms with Crippen LogP contribution < -0.4 is 0 Å². The Morgan fingerprint density at radius 2 is 2.24 bits per heavy atom. The number of rotatable bonds is 3. The molecule has 0 aromatic heterocycles. The minimum Gasteiger partial charge on any atom is -0.394 e. The van der Waals surface area contributed by atoms with E-state index < -0.39 is 9.84 Å². The van der Waals surface area contributed by atoms with Crippen LogP contribution in [0.25, 0.3) is 0 Å². The molecule has 0 radical (unpaired) electrons. The number of hydrogen-bond donors (Lipinski definition) is 1. The molecular formula is C10H17NO5S. The van der Waals surface area contributed by atoms with Gasteiger partial charge in [0.05, 0.1) is 24.2 Å². The standard InChI is InChI=1S/C10H17NO5S/c12-5-9-4-11(10(13)6-16-9)3-8-1-2-17(14,15)7-8/h8-9,12H,1-7H2. The normalized spacial score (nSPS) is 33.0. The smallest absolute Gasteiger partial charge is 0.248 e. The fraction of sp³-hybridized carbons (Fsp3) is 0.900. The Kier molecular flexibility index (Phi) is 3.70. The number of nitrogens with zero attached hydrogens (tertiary/aromatic N) is 1. The molecule has 2 rings (SSSR count). The van der Waals surface area contributed by atoms with Gasteiger partial charge in [0.25, 0.3) is 0 Å². The van der Waals surface area contributed by atoms with Gasteiger partial charge in [0.2, 0.25) is 5.91 Å². The second-order valence-corrected chi connectivity index (χ2v) is 6.91. The summed E-state index contributed by atoms with van der Waals surface area (Å²) in [7, 11) is -2.90. The molecule has 2 saturated heterocycles. The second-order valence-electron chi connectivity index (χ2n) is 4.68. The summed E-state index contributed by atoms with van der Waals surface area (Å²) in [5.74, 6) is 0.293. The lowest BCUT2D eigenvalue weighted by molar-refractivity contribution is -0.151. The van der Waals surface area contributed by atoms with Crippen molar-refractivity contribution in [2.75, 3.05) is 37.8 Å². The molecule has 2 aliphatic heterocycles. The van der Waals surface area contributed by atoms with Crippen molar-refractivity contribution in [3.05, 3.63) is 0 Å². The van der Waals surface area contributed by atoms with Crippen molar-refractivity contribution < 1.29 is 23.1 Å². The van der Waals surface area contributed by atoms with Crippen molar-refractivity contribution in [2.45, 2.75) is 12.5 Å². The first-order valence-corrected chi connectivity index (χ1v) is 7.53. The highest BCUT2D eigenvalue weighted by Crippen LogP contribution is 2.20. The van der Waals surface area contributed by atoms with Crippen LogP contribution in [-0.4, -0.2) is 68.2 Å². The summed E-state index contributed by atoms with van der Waals surface area (Å²) < 4.78 is 27.7. The monoisotopic (exact) mass is 263 g/mol. The average molecular weight is 263 g/mol.